The van der Waals surface area contributed by atoms with Crippen LogP contribution in [0.2, 0.25) is 0 Å². The minimum Gasteiger partial charge on any atom is -0.468 e. The number of halogens is 1. The predicted octanol–water partition coefficient (Wildman–Crippen LogP) is 2.81. The Hall–Kier alpha value is -1.42. The summed E-state index contributed by atoms with van der Waals surface area (Å²) >= 11 is 0. The minimum atomic E-state index is -0.352. The molecule has 0 radical (unpaired) electrons. The van der Waals surface area contributed by atoms with Crippen LogP contribution in [0, 0.1) is 18.7 Å². The van der Waals surface area contributed by atoms with Crippen molar-refractivity contribution in [3.63, 3.8) is 0 Å². The Kier molecular flexibility index (Phi) is 5.96. The Morgan fingerprint density at radius 1 is 1.42 bits per heavy atom. The van der Waals surface area contributed by atoms with Crippen LogP contribution in [0.25, 0.3) is 0 Å². The maximum atomic E-state index is 13.4. The molecule has 0 aliphatic heterocycles. The first-order valence-corrected chi connectivity index (χ1v) is 6.50. The van der Waals surface area contributed by atoms with Crippen LogP contribution in [0.1, 0.15) is 31.4 Å². The summed E-state index contributed by atoms with van der Waals surface area (Å²) in [7, 11) is 1.38. The number of esters is 1. The van der Waals surface area contributed by atoms with Gasteiger partial charge in [-0.15, -0.1) is 0 Å². The Morgan fingerprint density at radius 2 is 2.11 bits per heavy atom. The van der Waals surface area contributed by atoms with E-state index in [0.717, 1.165) is 5.56 Å². The van der Waals surface area contributed by atoms with Crippen molar-refractivity contribution in [3.05, 3.63) is 35.1 Å². The van der Waals surface area contributed by atoms with Crippen LogP contribution >= 0.6 is 0 Å². The molecule has 0 amide bonds. The van der Waals surface area contributed by atoms with Gasteiger partial charge in [0.15, 0.2) is 0 Å². The lowest BCUT2D eigenvalue weighted by molar-refractivity contribution is -0.143. The summed E-state index contributed by atoms with van der Waals surface area (Å²) in [6.07, 6.45) is 0.695. The van der Waals surface area contributed by atoms with Gasteiger partial charge < -0.3 is 10.1 Å². The molecule has 1 N–H and O–H groups in total. The van der Waals surface area contributed by atoms with E-state index in [1.165, 1.54) is 13.2 Å². The van der Waals surface area contributed by atoms with Crippen LogP contribution in [-0.4, -0.2) is 19.1 Å². The van der Waals surface area contributed by atoms with Crippen molar-refractivity contribution >= 4 is 5.97 Å². The summed E-state index contributed by atoms with van der Waals surface area (Å²) in [5, 5.41) is 3.12. The molecule has 4 heteroatoms. The smallest absolute Gasteiger partial charge is 0.322 e. The molecular formula is C15H22FNO2. The maximum absolute atomic E-state index is 13.4. The zero-order valence-electron chi connectivity index (χ0n) is 12.0. The van der Waals surface area contributed by atoms with E-state index in [2.05, 4.69) is 5.32 Å². The van der Waals surface area contributed by atoms with Crippen LogP contribution in [0.15, 0.2) is 18.2 Å². The summed E-state index contributed by atoms with van der Waals surface area (Å²) < 4.78 is 18.2. The number of nitrogens with one attached hydrogen (secondary N) is 1. The normalized spacial score (nSPS) is 12.5. The first-order chi connectivity index (χ1) is 8.93. The summed E-state index contributed by atoms with van der Waals surface area (Å²) in [5.74, 6) is -0.120. The van der Waals surface area contributed by atoms with Gasteiger partial charge in [-0.1, -0.05) is 26.0 Å². The second-order valence-corrected chi connectivity index (χ2v) is 5.17. The molecule has 0 heterocycles. The number of aryl methyl sites for hydroxylation is 1. The number of ether oxygens (including phenoxy) is 1. The van der Waals surface area contributed by atoms with Gasteiger partial charge in [-0.05, 0) is 36.5 Å². The molecule has 1 aromatic carbocycles. The monoisotopic (exact) mass is 267 g/mol. The number of benzene rings is 1. The van der Waals surface area contributed by atoms with Gasteiger partial charge in [0.25, 0.3) is 0 Å². The van der Waals surface area contributed by atoms with Crippen molar-refractivity contribution in [2.75, 3.05) is 7.11 Å². The quantitative estimate of drug-likeness (QED) is 0.805. The Morgan fingerprint density at radius 3 is 2.63 bits per heavy atom. The summed E-state index contributed by atoms with van der Waals surface area (Å²) in [6, 6.07) is 4.73. The lowest BCUT2D eigenvalue weighted by atomic mass is 10.0. The lowest BCUT2D eigenvalue weighted by Crippen LogP contribution is -2.38. The van der Waals surface area contributed by atoms with Crippen LogP contribution < -0.4 is 5.32 Å². The van der Waals surface area contributed by atoms with Crippen molar-refractivity contribution in [1.82, 2.24) is 5.32 Å². The molecule has 0 saturated carbocycles. The van der Waals surface area contributed by atoms with E-state index in [0.29, 0.717) is 24.4 Å². The van der Waals surface area contributed by atoms with Crippen LogP contribution in [0.5, 0.6) is 0 Å². The Bertz CT molecular complexity index is 432. The third kappa shape index (κ3) is 4.99. The molecule has 0 aliphatic rings. The van der Waals surface area contributed by atoms with Gasteiger partial charge in [0.2, 0.25) is 0 Å². The van der Waals surface area contributed by atoms with E-state index in [9.17, 15) is 9.18 Å². The third-order valence-electron chi connectivity index (χ3n) is 2.98. The zero-order valence-corrected chi connectivity index (χ0v) is 12.0. The molecule has 1 atom stereocenters. The summed E-state index contributed by atoms with van der Waals surface area (Å²) in [6.45, 7) is 6.26. The fourth-order valence-corrected chi connectivity index (χ4v) is 1.86. The van der Waals surface area contributed by atoms with Gasteiger partial charge in [0.1, 0.15) is 11.9 Å². The molecule has 3 nitrogen and oxygen atoms in total. The van der Waals surface area contributed by atoms with Gasteiger partial charge in [-0.3, -0.25) is 4.79 Å². The Balaban J connectivity index is 2.64. The first kappa shape index (κ1) is 15.6. The molecule has 0 bridgehead atoms. The molecule has 0 fully saturated rings. The summed E-state index contributed by atoms with van der Waals surface area (Å²) in [4.78, 5) is 11.6. The second-order valence-electron chi connectivity index (χ2n) is 5.17. The van der Waals surface area contributed by atoms with Crippen LogP contribution in [0.3, 0.4) is 0 Å². The van der Waals surface area contributed by atoms with Crippen molar-refractivity contribution in [1.29, 1.82) is 0 Å². The standard InChI is InChI=1S/C15H22FNO2/c1-10(2)7-14(15(18)19-4)17-9-12-6-5-11(3)13(16)8-12/h5-6,8,10,14,17H,7,9H2,1-4H3. The first-order valence-electron chi connectivity index (χ1n) is 6.50. The Labute approximate surface area is 114 Å². The lowest BCUT2D eigenvalue weighted by Gasteiger charge is -2.18. The zero-order chi connectivity index (χ0) is 14.4. The van der Waals surface area contributed by atoms with E-state index in [1.807, 2.05) is 19.9 Å². The number of carbonyl (C=O) groups excluding carboxylic acids is 1. The number of hydrogen-bond donors (Lipinski definition) is 1. The average Bonchev–Trinajstić information content (AvgIpc) is 2.37. The van der Waals surface area contributed by atoms with E-state index >= 15 is 0 Å². The highest BCUT2D eigenvalue weighted by Crippen LogP contribution is 2.11. The van der Waals surface area contributed by atoms with E-state index in [4.69, 9.17) is 4.74 Å². The molecule has 0 saturated heterocycles. The topological polar surface area (TPSA) is 38.3 Å². The molecule has 1 unspecified atom stereocenters. The van der Waals surface area contributed by atoms with Gasteiger partial charge >= 0.3 is 5.97 Å². The largest absolute Gasteiger partial charge is 0.468 e. The fraction of sp³-hybridized carbons (Fsp3) is 0.533. The van der Waals surface area contributed by atoms with E-state index in [-0.39, 0.29) is 17.8 Å². The molecule has 19 heavy (non-hydrogen) atoms. The maximum Gasteiger partial charge on any atom is 0.322 e. The van der Waals surface area contributed by atoms with Crippen molar-refractivity contribution in [2.24, 2.45) is 5.92 Å². The third-order valence-corrected chi connectivity index (χ3v) is 2.98. The van der Waals surface area contributed by atoms with Crippen molar-refractivity contribution < 1.29 is 13.9 Å². The SMILES string of the molecule is COC(=O)C(CC(C)C)NCc1ccc(C)c(F)c1. The van der Waals surface area contributed by atoms with E-state index in [1.54, 1.807) is 13.0 Å². The molecule has 1 aromatic rings. The number of rotatable bonds is 6. The molecular weight excluding hydrogens is 245 g/mol. The number of hydrogen-bond acceptors (Lipinski definition) is 3. The fourth-order valence-electron chi connectivity index (χ4n) is 1.86. The van der Waals surface area contributed by atoms with Gasteiger partial charge in [0.05, 0.1) is 7.11 Å². The van der Waals surface area contributed by atoms with Crippen LogP contribution in [0.4, 0.5) is 4.39 Å². The number of methoxy groups -OCH3 is 1. The van der Waals surface area contributed by atoms with Gasteiger partial charge in [-0.25, -0.2) is 4.39 Å². The molecule has 1 rings (SSSR count). The van der Waals surface area contributed by atoms with Crippen LogP contribution in [-0.2, 0) is 16.1 Å². The van der Waals surface area contributed by atoms with Crippen molar-refractivity contribution in [2.45, 2.75) is 39.8 Å². The van der Waals surface area contributed by atoms with Crippen molar-refractivity contribution in [3.8, 4) is 0 Å². The molecule has 0 aromatic heterocycles. The van der Waals surface area contributed by atoms with Gasteiger partial charge in [0, 0.05) is 6.54 Å². The molecule has 106 valence electrons. The average molecular weight is 267 g/mol. The van der Waals surface area contributed by atoms with Gasteiger partial charge in [-0.2, -0.15) is 0 Å². The molecule has 0 aliphatic carbocycles. The molecule has 0 spiro atoms. The highest BCUT2D eigenvalue weighted by molar-refractivity contribution is 5.75. The predicted molar refractivity (Wildman–Crippen MR) is 73.2 cm³/mol. The summed E-state index contributed by atoms with van der Waals surface area (Å²) in [5.41, 5.74) is 1.44. The van der Waals surface area contributed by atoms with E-state index < -0.39 is 0 Å². The minimum absolute atomic E-state index is 0.224. The highest BCUT2D eigenvalue weighted by atomic mass is 19.1. The number of carbonyl (C=O) groups is 1. The second kappa shape index (κ2) is 7.24. The highest BCUT2D eigenvalue weighted by Gasteiger charge is 2.19.